The van der Waals surface area contributed by atoms with Gasteiger partial charge >= 0.3 is 26.7 Å². The number of hydrogen-bond donors (Lipinski definition) is 2. The number of hydrogen-bond acceptors (Lipinski definition) is 10. The molecule has 0 radical (unpaired) electrons. The lowest BCUT2D eigenvalue weighted by Gasteiger charge is -2.30. The third kappa shape index (κ3) is 6.63. The maximum atomic E-state index is 14.9. The van der Waals surface area contributed by atoms with Gasteiger partial charge in [0.25, 0.3) is 0 Å². The van der Waals surface area contributed by atoms with Gasteiger partial charge in [0, 0.05) is 44.8 Å². The molecule has 2 atom stereocenters. The van der Waals surface area contributed by atoms with Crippen LogP contribution in [0.25, 0.3) is 43.8 Å². The molecular formula is C50H34O10P2. The van der Waals surface area contributed by atoms with Gasteiger partial charge in [-0.15, -0.1) is 0 Å². The normalized spacial score (nSPS) is 16.6. The van der Waals surface area contributed by atoms with Crippen LogP contribution in [0.15, 0.2) is 183 Å². The van der Waals surface area contributed by atoms with Gasteiger partial charge in [0.05, 0.1) is 21.2 Å². The zero-order valence-electron chi connectivity index (χ0n) is 32.6. The van der Waals surface area contributed by atoms with Gasteiger partial charge in [-0.25, -0.2) is 9.59 Å². The number of para-hydroxylation sites is 2. The zero-order chi connectivity index (χ0) is 43.2. The Kier molecular flexibility index (Phi) is 10.1. The van der Waals surface area contributed by atoms with Crippen LogP contribution in [-0.2, 0) is 18.7 Å². The van der Waals surface area contributed by atoms with Gasteiger partial charge < -0.3 is 28.7 Å². The van der Waals surface area contributed by atoms with Crippen molar-refractivity contribution >= 4 is 69.4 Å². The van der Waals surface area contributed by atoms with Crippen molar-refractivity contribution < 1.29 is 47.5 Å². The van der Waals surface area contributed by atoms with Crippen molar-refractivity contribution in [2.75, 3.05) is 0 Å². The third-order valence-electron chi connectivity index (χ3n) is 10.5. The Bertz CT molecular complexity index is 3280. The molecule has 8 aromatic rings. The first-order chi connectivity index (χ1) is 30.1. The Balaban J connectivity index is 0.000000163. The van der Waals surface area contributed by atoms with Crippen LogP contribution in [0.5, 0.6) is 34.5 Å². The van der Waals surface area contributed by atoms with Crippen molar-refractivity contribution in [2.45, 2.75) is 0 Å². The predicted molar refractivity (Wildman–Crippen MR) is 242 cm³/mol. The van der Waals surface area contributed by atoms with E-state index in [1.54, 1.807) is 91.0 Å². The van der Waals surface area contributed by atoms with Crippen LogP contribution >= 0.6 is 14.7 Å². The number of benzene rings is 8. The van der Waals surface area contributed by atoms with Crippen molar-refractivity contribution in [3.05, 3.63) is 183 Å². The Morgan fingerprint density at radius 1 is 0.484 bits per heavy atom. The Labute approximate surface area is 355 Å². The first-order valence-electron chi connectivity index (χ1n) is 19.2. The molecular weight excluding hydrogens is 822 g/mol. The van der Waals surface area contributed by atoms with Crippen LogP contribution in [-0.4, -0.2) is 22.2 Å². The average Bonchev–Trinajstić information content (AvgIpc) is 3.31. The lowest BCUT2D eigenvalue weighted by molar-refractivity contribution is -0.129. The minimum atomic E-state index is -3.90. The van der Waals surface area contributed by atoms with Gasteiger partial charge in [-0.3, -0.25) is 9.13 Å². The van der Waals surface area contributed by atoms with Crippen molar-refractivity contribution in [3.8, 4) is 56.8 Å². The fourth-order valence-corrected chi connectivity index (χ4v) is 12.5. The van der Waals surface area contributed by atoms with E-state index in [9.17, 15) is 28.9 Å². The predicted octanol–water partition coefficient (Wildman–Crippen LogP) is 9.85. The molecule has 10 nitrogen and oxygen atoms in total. The fourth-order valence-electron chi connectivity index (χ4n) is 7.74. The molecule has 0 saturated heterocycles. The molecule has 12 heteroatoms. The van der Waals surface area contributed by atoms with Gasteiger partial charge in [-0.05, 0) is 47.5 Å². The lowest BCUT2D eigenvalue weighted by atomic mass is 10.0. The summed E-state index contributed by atoms with van der Waals surface area (Å²) in [6, 6.07) is 45.7. The number of aromatic hydroxyl groups is 2. The van der Waals surface area contributed by atoms with Crippen LogP contribution in [0.3, 0.4) is 0 Å². The summed E-state index contributed by atoms with van der Waals surface area (Å²) in [4.78, 5) is 24.5. The number of phenols is 2. The van der Waals surface area contributed by atoms with E-state index >= 15 is 0 Å². The molecule has 0 amide bonds. The standard InChI is InChI=1S/C28H19O6P.C22H15O4P/c1-3-26(29)32-23-17-25(28(33-27(30)4-2)21-14-6-5-12-19(21)23)35(31)24-16-10-8-13-20(24)18-11-7-9-15-22(18)34-35;23-18-13-21(22(24)17-10-2-1-7-14(17)18)27(25)20-12-6-4-9-16(20)15-8-3-5-11-19(15)26-27/h3-17H,1-2H2;1-13,23-24H. The Morgan fingerprint density at radius 2 is 0.919 bits per heavy atom. The van der Waals surface area contributed by atoms with Gasteiger partial charge in [0.2, 0.25) is 0 Å². The molecule has 304 valence electrons. The molecule has 62 heavy (non-hydrogen) atoms. The zero-order valence-corrected chi connectivity index (χ0v) is 34.4. The van der Waals surface area contributed by atoms with Gasteiger partial charge in [0.15, 0.2) is 5.75 Å². The van der Waals surface area contributed by atoms with Crippen molar-refractivity contribution in [3.63, 3.8) is 0 Å². The second-order valence-electron chi connectivity index (χ2n) is 14.1. The third-order valence-corrected chi connectivity index (χ3v) is 15.4. The second-order valence-corrected chi connectivity index (χ2v) is 18.6. The van der Waals surface area contributed by atoms with E-state index in [0.717, 1.165) is 34.4 Å². The molecule has 0 aliphatic carbocycles. The molecule has 2 aliphatic rings. The highest BCUT2D eigenvalue weighted by Gasteiger charge is 2.42. The maximum Gasteiger partial charge on any atom is 0.335 e. The first kappa shape index (κ1) is 39.8. The highest BCUT2D eigenvalue weighted by molar-refractivity contribution is 7.75. The molecule has 2 N–H and O–H groups in total. The minimum Gasteiger partial charge on any atom is -0.507 e. The van der Waals surface area contributed by atoms with Crippen molar-refractivity contribution in [1.82, 2.24) is 0 Å². The van der Waals surface area contributed by atoms with Crippen LogP contribution in [0.2, 0.25) is 0 Å². The summed E-state index contributed by atoms with van der Waals surface area (Å²) in [5.41, 5.74) is 3.17. The smallest absolute Gasteiger partial charge is 0.335 e. The summed E-state index contributed by atoms with van der Waals surface area (Å²) in [6.07, 6.45) is 2.05. The molecule has 0 saturated carbocycles. The van der Waals surface area contributed by atoms with Gasteiger partial charge in [-0.1, -0.05) is 134 Å². The first-order valence-corrected chi connectivity index (χ1v) is 22.5. The molecule has 0 fully saturated rings. The fraction of sp³-hybridized carbons (Fsp3) is 0. The quantitative estimate of drug-likeness (QED) is 0.0545. The summed E-state index contributed by atoms with van der Waals surface area (Å²) in [5, 5.41) is 24.3. The van der Waals surface area contributed by atoms with Gasteiger partial charge in [0.1, 0.15) is 28.7 Å². The summed E-state index contributed by atoms with van der Waals surface area (Å²) >= 11 is 0. The van der Waals surface area contributed by atoms with Crippen molar-refractivity contribution in [1.29, 1.82) is 0 Å². The summed E-state index contributed by atoms with van der Waals surface area (Å²) in [5.74, 6) is -0.514. The number of rotatable bonds is 6. The summed E-state index contributed by atoms with van der Waals surface area (Å²) in [6.45, 7) is 6.93. The molecule has 2 heterocycles. The number of carbonyl (C=O) groups excluding carboxylic acids is 2. The van der Waals surface area contributed by atoms with E-state index in [1.807, 2.05) is 54.6 Å². The molecule has 0 aromatic heterocycles. The van der Waals surface area contributed by atoms with Crippen LogP contribution in [0, 0.1) is 0 Å². The monoisotopic (exact) mass is 856 g/mol. The SMILES string of the molecule is C=CC(=O)Oc1cc(P2(=O)Oc3ccccc3-c3ccccc32)c(OC(=O)C=C)c2ccccc12.O=P1(c2cc(O)c3ccccc3c2O)Oc2ccccc2-c2ccccc21. The van der Waals surface area contributed by atoms with E-state index in [1.165, 1.54) is 12.1 Å². The van der Waals surface area contributed by atoms with E-state index < -0.39 is 26.7 Å². The number of ether oxygens (including phenoxy) is 2. The molecule has 8 aromatic carbocycles. The summed E-state index contributed by atoms with van der Waals surface area (Å²) in [7, 11) is -7.57. The highest BCUT2D eigenvalue weighted by Crippen LogP contribution is 2.58. The average molecular weight is 857 g/mol. The maximum absolute atomic E-state index is 14.9. The Hall–Kier alpha value is -7.64. The molecule has 10 rings (SSSR count). The minimum absolute atomic E-state index is 0.0430. The number of phenolic OH excluding ortho intramolecular Hbond substituents is 2. The highest BCUT2D eigenvalue weighted by atomic mass is 31.2. The van der Waals surface area contributed by atoms with Crippen LogP contribution in [0.1, 0.15) is 0 Å². The largest absolute Gasteiger partial charge is 0.507 e. The van der Waals surface area contributed by atoms with E-state index in [-0.39, 0.29) is 33.6 Å². The lowest BCUT2D eigenvalue weighted by Crippen LogP contribution is -2.27. The van der Waals surface area contributed by atoms with E-state index in [0.29, 0.717) is 43.7 Å². The van der Waals surface area contributed by atoms with Crippen LogP contribution in [0.4, 0.5) is 0 Å². The van der Waals surface area contributed by atoms with Gasteiger partial charge in [-0.2, -0.15) is 0 Å². The molecule has 0 spiro atoms. The second kappa shape index (κ2) is 15.8. The van der Waals surface area contributed by atoms with E-state index in [4.69, 9.17) is 18.5 Å². The number of fused-ring (bicyclic) bond motifs is 8. The Morgan fingerprint density at radius 3 is 1.48 bits per heavy atom. The topological polar surface area (TPSA) is 146 Å². The number of carbonyl (C=O) groups is 2. The number of esters is 2. The van der Waals surface area contributed by atoms with Crippen molar-refractivity contribution in [2.24, 2.45) is 0 Å². The molecule has 0 bridgehead atoms. The summed E-state index contributed by atoms with van der Waals surface area (Å²) < 4.78 is 52.4. The van der Waals surface area contributed by atoms with E-state index in [2.05, 4.69) is 13.2 Å². The molecule has 2 unspecified atom stereocenters. The van der Waals surface area contributed by atoms with Crippen LogP contribution < -0.4 is 39.7 Å². The molecule has 2 aliphatic heterocycles.